The van der Waals surface area contributed by atoms with E-state index in [9.17, 15) is 0 Å². The highest BCUT2D eigenvalue weighted by Gasteiger charge is 1.95. The summed E-state index contributed by atoms with van der Waals surface area (Å²) >= 11 is 1.78. The van der Waals surface area contributed by atoms with Crippen molar-refractivity contribution < 1.29 is 0 Å². The molecule has 0 N–H and O–H groups in total. The predicted octanol–water partition coefficient (Wildman–Crippen LogP) is 2.73. The summed E-state index contributed by atoms with van der Waals surface area (Å²) in [4.78, 5) is 5.63. The molecule has 2 heterocycles. The van der Waals surface area contributed by atoms with Crippen molar-refractivity contribution in [3.63, 3.8) is 0 Å². The predicted molar refractivity (Wildman–Crippen MR) is 51.4 cm³/mol. The third-order valence-electron chi connectivity index (χ3n) is 1.66. The van der Waals surface area contributed by atoms with Crippen LogP contribution in [0.3, 0.4) is 0 Å². The van der Waals surface area contributed by atoms with Crippen molar-refractivity contribution in [2.24, 2.45) is 0 Å². The molecule has 2 rings (SSSR count). The minimum absolute atomic E-state index is 0.957. The van der Waals surface area contributed by atoms with Gasteiger partial charge in [0.1, 0.15) is 0 Å². The summed E-state index contributed by atoms with van der Waals surface area (Å²) in [7, 11) is 0. The molecule has 0 aromatic carbocycles. The van der Waals surface area contributed by atoms with E-state index in [1.165, 1.54) is 4.88 Å². The summed E-state index contributed by atoms with van der Waals surface area (Å²) in [6.07, 6.45) is 2.79. The van der Waals surface area contributed by atoms with Crippen LogP contribution in [0.15, 0.2) is 41.9 Å². The van der Waals surface area contributed by atoms with Crippen molar-refractivity contribution in [2.45, 2.75) is 6.42 Å². The van der Waals surface area contributed by atoms with Crippen LogP contribution in [0.5, 0.6) is 0 Å². The zero-order valence-electron chi connectivity index (χ0n) is 6.60. The van der Waals surface area contributed by atoms with Gasteiger partial charge in [0.2, 0.25) is 0 Å². The van der Waals surface area contributed by atoms with Gasteiger partial charge in [-0.15, -0.1) is 11.3 Å². The van der Waals surface area contributed by atoms with Crippen LogP contribution in [-0.4, -0.2) is 4.98 Å². The van der Waals surface area contributed by atoms with Gasteiger partial charge in [0.15, 0.2) is 0 Å². The standard InChI is InChI=1S/C10H9NS/c1-2-6-11-9(4-1)8-10-5-3-7-12-10/h1-7H,8H2. The van der Waals surface area contributed by atoms with Crippen molar-refractivity contribution in [2.75, 3.05) is 0 Å². The molecule has 2 aromatic rings. The van der Waals surface area contributed by atoms with Crippen molar-refractivity contribution in [3.8, 4) is 0 Å². The quantitative estimate of drug-likeness (QED) is 0.684. The Hall–Kier alpha value is -1.15. The first kappa shape index (κ1) is 7.50. The monoisotopic (exact) mass is 175 g/mol. The summed E-state index contributed by atoms with van der Waals surface area (Å²) < 4.78 is 0. The average Bonchev–Trinajstić information content (AvgIpc) is 2.59. The number of thiophene rings is 1. The van der Waals surface area contributed by atoms with E-state index in [1.54, 1.807) is 11.3 Å². The Balaban J connectivity index is 2.15. The van der Waals surface area contributed by atoms with E-state index in [2.05, 4.69) is 28.6 Å². The van der Waals surface area contributed by atoms with E-state index in [-0.39, 0.29) is 0 Å². The van der Waals surface area contributed by atoms with E-state index in [1.807, 2.05) is 18.3 Å². The molecule has 0 bridgehead atoms. The van der Waals surface area contributed by atoms with E-state index in [4.69, 9.17) is 0 Å². The Bertz CT molecular complexity index is 326. The highest BCUT2D eigenvalue weighted by atomic mass is 32.1. The Morgan fingerprint density at radius 1 is 1.17 bits per heavy atom. The zero-order valence-corrected chi connectivity index (χ0v) is 7.42. The minimum Gasteiger partial charge on any atom is -0.261 e. The number of aromatic nitrogens is 1. The van der Waals surface area contributed by atoms with Crippen LogP contribution < -0.4 is 0 Å². The molecule has 0 fully saturated rings. The third-order valence-corrected chi connectivity index (χ3v) is 2.54. The highest BCUT2D eigenvalue weighted by Crippen LogP contribution is 2.12. The molecule has 0 radical (unpaired) electrons. The van der Waals surface area contributed by atoms with Gasteiger partial charge in [-0.25, -0.2) is 0 Å². The molecule has 12 heavy (non-hydrogen) atoms. The largest absolute Gasteiger partial charge is 0.261 e. The molecule has 0 aliphatic carbocycles. The topological polar surface area (TPSA) is 12.9 Å². The minimum atomic E-state index is 0.957. The fraction of sp³-hybridized carbons (Fsp3) is 0.100. The van der Waals surface area contributed by atoms with E-state index in [0.717, 1.165) is 12.1 Å². The van der Waals surface area contributed by atoms with Crippen LogP contribution in [0.1, 0.15) is 10.6 Å². The van der Waals surface area contributed by atoms with Gasteiger partial charge in [0.25, 0.3) is 0 Å². The summed E-state index contributed by atoms with van der Waals surface area (Å²) in [6, 6.07) is 10.2. The normalized spacial score (nSPS) is 10.0. The van der Waals surface area contributed by atoms with E-state index in [0.29, 0.717) is 0 Å². The van der Waals surface area contributed by atoms with Crippen LogP contribution in [0.2, 0.25) is 0 Å². The highest BCUT2D eigenvalue weighted by molar-refractivity contribution is 7.09. The summed E-state index contributed by atoms with van der Waals surface area (Å²) in [5, 5.41) is 2.10. The lowest BCUT2D eigenvalue weighted by Gasteiger charge is -1.95. The first-order chi connectivity index (χ1) is 5.95. The first-order valence-corrected chi connectivity index (χ1v) is 4.75. The molecule has 0 unspecified atom stereocenters. The van der Waals surface area contributed by atoms with Gasteiger partial charge in [-0.3, -0.25) is 4.98 Å². The van der Waals surface area contributed by atoms with Crippen molar-refractivity contribution in [1.29, 1.82) is 0 Å². The third kappa shape index (κ3) is 1.71. The maximum atomic E-state index is 4.26. The molecule has 0 atom stereocenters. The Kier molecular flexibility index (Phi) is 2.19. The molecule has 0 amide bonds. The molecule has 2 aromatic heterocycles. The number of rotatable bonds is 2. The molecule has 0 spiro atoms. The molecule has 0 saturated carbocycles. The number of hydrogen-bond acceptors (Lipinski definition) is 2. The summed E-state index contributed by atoms with van der Waals surface area (Å²) in [6.45, 7) is 0. The maximum absolute atomic E-state index is 4.26. The van der Waals surface area contributed by atoms with Gasteiger partial charge >= 0.3 is 0 Å². The molecular formula is C10H9NS. The lowest BCUT2D eigenvalue weighted by Crippen LogP contribution is -1.86. The smallest absolute Gasteiger partial charge is 0.0455 e. The van der Waals surface area contributed by atoms with Crippen LogP contribution in [-0.2, 0) is 6.42 Å². The van der Waals surface area contributed by atoms with Crippen LogP contribution >= 0.6 is 11.3 Å². The van der Waals surface area contributed by atoms with Gasteiger partial charge in [0.05, 0.1) is 0 Å². The number of pyridine rings is 1. The second kappa shape index (κ2) is 3.50. The Morgan fingerprint density at radius 2 is 2.17 bits per heavy atom. The fourth-order valence-electron chi connectivity index (χ4n) is 1.09. The maximum Gasteiger partial charge on any atom is 0.0455 e. The molecule has 1 nitrogen and oxygen atoms in total. The van der Waals surface area contributed by atoms with Crippen LogP contribution in [0.4, 0.5) is 0 Å². The SMILES string of the molecule is c1ccc(Cc2cccs2)nc1. The second-order valence-corrected chi connectivity index (χ2v) is 3.61. The molecule has 0 aliphatic rings. The van der Waals surface area contributed by atoms with Crippen molar-refractivity contribution >= 4 is 11.3 Å². The van der Waals surface area contributed by atoms with Crippen molar-refractivity contribution in [3.05, 3.63) is 52.5 Å². The Labute approximate surface area is 75.7 Å². The lowest BCUT2D eigenvalue weighted by molar-refractivity contribution is 1.10. The molecule has 0 saturated heterocycles. The van der Waals surface area contributed by atoms with Crippen LogP contribution in [0.25, 0.3) is 0 Å². The summed E-state index contributed by atoms with van der Waals surface area (Å²) in [5.41, 5.74) is 1.14. The lowest BCUT2D eigenvalue weighted by atomic mass is 10.2. The van der Waals surface area contributed by atoms with Gasteiger partial charge in [0, 0.05) is 23.2 Å². The van der Waals surface area contributed by atoms with Gasteiger partial charge < -0.3 is 0 Å². The average molecular weight is 175 g/mol. The number of hydrogen-bond donors (Lipinski definition) is 0. The van der Waals surface area contributed by atoms with Gasteiger partial charge in [-0.2, -0.15) is 0 Å². The number of nitrogens with zero attached hydrogens (tertiary/aromatic N) is 1. The van der Waals surface area contributed by atoms with E-state index < -0.39 is 0 Å². The fourth-order valence-corrected chi connectivity index (χ4v) is 1.81. The van der Waals surface area contributed by atoms with Crippen LogP contribution in [0, 0.1) is 0 Å². The van der Waals surface area contributed by atoms with Crippen molar-refractivity contribution in [1.82, 2.24) is 4.98 Å². The first-order valence-electron chi connectivity index (χ1n) is 3.87. The van der Waals surface area contributed by atoms with Gasteiger partial charge in [-0.05, 0) is 23.6 Å². The Morgan fingerprint density at radius 3 is 2.83 bits per heavy atom. The summed E-state index contributed by atoms with van der Waals surface area (Å²) in [5.74, 6) is 0. The van der Waals surface area contributed by atoms with Gasteiger partial charge in [-0.1, -0.05) is 12.1 Å². The molecule has 60 valence electrons. The molecule has 2 heteroatoms. The molecule has 0 aliphatic heterocycles. The van der Waals surface area contributed by atoms with E-state index >= 15 is 0 Å². The zero-order chi connectivity index (χ0) is 8.23. The molecular weight excluding hydrogens is 166 g/mol. The second-order valence-electron chi connectivity index (χ2n) is 2.58.